The van der Waals surface area contributed by atoms with Crippen molar-refractivity contribution in [3.63, 3.8) is 0 Å². The van der Waals surface area contributed by atoms with Crippen molar-refractivity contribution >= 4 is 12.0 Å². The number of hydrogen-bond acceptors (Lipinski definition) is 3. The molecule has 1 amide bonds. The molecule has 1 aliphatic heterocycles. The van der Waals surface area contributed by atoms with Crippen molar-refractivity contribution in [2.45, 2.75) is 26.4 Å². The van der Waals surface area contributed by atoms with Gasteiger partial charge in [0.15, 0.2) is 0 Å². The highest BCUT2D eigenvalue weighted by Crippen LogP contribution is 2.24. The summed E-state index contributed by atoms with van der Waals surface area (Å²) in [5.41, 5.74) is 3.03. The van der Waals surface area contributed by atoms with Crippen molar-refractivity contribution in [2.24, 2.45) is 0 Å². The third kappa shape index (κ3) is 3.58. The lowest BCUT2D eigenvalue weighted by atomic mass is 10.1. The minimum Gasteiger partial charge on any atom is -0.406 e. The van der Waals surface area contributed by atoms with Gasteiger partial charge in [0.25, 0.3) is 0 Å². The average Bonchev–Trinajstić information content (AvgIpc) is 3.08. The van der Waals surface area contributed by atoms with Gasteiger partial charge in [-0.3, -0.25) is 9.89 Å². The molecule has 0 unspecified atom stereocenters. The van der Waals surface area contributed by atoms with Crippen molar-refractivity contribution < 1.29 is 22.7 Å². The lowest BCUT2D eigenvalue weighted by molar-refractivity contribution is -0.274. The molecule has 1 aromatic heterocycles. The highest BCUT2D eigenvalue weighted by molar-refractivity contribution is 5.97. The molecule has 0 radical (unpaired) electrons. The lowest BCUT2D eigenvalue weighted by Crippen LogP contribution is -2.26. The molecule has 0 aliphatic carbocycles. The van der Waals surface area contributed by atoms with Crippen LogP contribution < -0.4 is 4.74 Å². The number of amides is 1. The largest absolute Gasteiger partial charge is 0.573 e. The summed E-state index contributed by atoms with van der Waals surface area (Å²) >= 11 is 0. The van der Waals surface area contributed by atoms with E-state index in [2.05, 4.69) is 14.9 Å². The van der Waals surface area contributed by atoms with E-state index in [1.165, 1.54) is 24.3 Å². The van der Waals surface area contributed by atoms with Crippen molar-refractivity contribution in [1.29, 1.82) is 0 Å². The zero-order valence-electron chi connectivity index (χ0n) is 12.7. The number of hydrogen-bond donors (Lipinski definition) is 1. The molecule has 1 aliphatic rings. The van der Waals surface area contributed by atoms with Crippen LogP contribution in [0.1, 0.15) is 23.7 Å². The van der Waals surface area contributed by atoms with E-state index in [0.29, 0.717) is 24.2 Å². The van der Waals surface area contributed by atoms with Gasteiger partial charge in [-0.15, -0.1) is 13.2 Å². The normalized spacial score (nSPS) is 14.7. The number of nitrogens with zero attached hydrogens (tertiary/aromatic N) is 2. The van der Waals surface area contributed by atoms with Crippen LogP contribution in [-0.4, -0.2) is 27.4 Å². The van der Waals surface area contributed by atoms with Crippen molar-refractivity contribution in [1.82, 2.24) is 15.1 Å². The zero-order valence-corrected chi connectivity index (χ0v) is 12.7. The Morgan fingerprint density at radius 1 is 1.29 bits per heavy atom. The summed E-state index contributed by atoms with van der Waals surface area (Å²) in [5.74, 6) is -0.427. The standard InChI is InChI=1S/C16H14F3N3O2/c1-10(15(23)22-8-12-7-20-21-14(12)9-22)6-11-2-4-13(5-3-11)24-16(17,18)19/h2-7H,8-9H2,1H3,(H,20,21)/b10-6+. The summed E-state index contributed by atoms with van der Waals surface area (Å²) in [6, 6.07) is 5.36. The fraction of sp³-hybridized carbons (Fsp3) is 0.250. The first-order chi connectivity index (χ1) is 11.3. The van der Waals surface area contributed by atoms with Gasteiger partial charge in [0.1, 0.15) is 5.75 Å². The molecule has 0 saturated heterocycles. The molecule has 24 heavy (non-hydrogen) atoms. The second kappa shape index (κ2) is 6.03. The Morgan fingerprint density at radius 2 is 2.00 bits per heavy atom. The van der Waals surface area contributed by atoms with Crippen LogP contribution in [0.2, 0.25) is 0 Å². The van der Waals surface area contributed by atoms with Gasteiger partial charge in [-0.05, 0) is 30.7 Å². The van der Waals surface area contributed by atoms with Crippen LogP contribution in [0.25, 0.3) is 6.08 Å². The summed E-state index contributed by atoms with van der Waals surface area (Å²) in [5, 5.41) is 6.76. The van der Waals surface area contributed by atoms with Crippen molar-refractivity contribution in [3.05, 3.63) is 52.9 Å². The molecule has 2 aromatic rings. The molecule has 3 rings (SSSR count). The van der Waals surface area contributed by atoms with E-state index < -0.39 is 6.36 Å². The molecular weight excluding hydrogens is 323 g/mol. The predicted octanol–water partition coefficient (Wildman–Crippen LogP) is 3.25. The first-order valence-corrected chi connectivity index (χ1v) is 7.16. The molecule has 0 saturated carbocycles. The Labute approximate surface area is 135 Å². The highest BCUT2D eigenvalue weighted by Gasteiger charge is 2.31. The minimum absolute atomic E-state index is 0.129. The summed E-state index contributed by atoms with van der Waals surface area (Å²) in [6.45, 7) is 2.64. The quantitative estimate of drug-likeness (QED) is 0.875. The molecule has 1 aromatic carbocycles. The summed E-state index contributed by atoms with van der Waals surface area (Å²) in [6.07, 6.45) is -1.39. The monoisotopic (exact) mass is 337 g/mol. The van der Waals surface area contributed by atoms with E-state index in [4.69, 9.17) is 0 Å². The molecule has 8 heteroatoms. The maximum absolute atomic E-state index is 12.4. The Kier molecular flexibility index (Phi) is 4.04. The molecule has 5 nitrogen and oxygen atoms in total. The van der Waals surface area contributed by atoms with E-state index in [1.54, 1.807) is 24.1 Å². The topological polar surface area (TPSA) is 58.2 Å². The summed E-state index contributed by atoms with van der Waals surface area (Å²) < 4.78 is 40.2. The summed E-state index contributed by atoms with van der Waals surface area (Å²) in [7, 11) is 0. The van der Waals surface area contributed by atoms with Crippen LogP contribution in [0, 0.1) is 0 Å². The van der Waals surface area contributed by atoms with Gasteiger partial charge in [-0.25, -0.2) is 0 Å². The average molecular weight is 337 g/mol. The number of alkyl halides is 3. The zero-order chi connectivity index (χ0) is 17.3. The van der Waals surface area contributed by atoms with Gasteiger partial charge in [0.05, 0.1) is 18.4 Å². The van der Waals surface area contributed by atoms with Crippen LogP contribution in [-0.2, 0) is 17.9 Å². The van der Waals surface area contributed by atoms with Gasteiger partial charge >= 0.3 is 6.36 Å². The van der Waals surface area contributed by atoms with E-state index >= 15 is 0 Å². The Balaban J connectivity index is 1.67. The van der Waals surface area contributed by atoms with E-state index in [-0.39, 0.29) is 11.7 Å². The number of carbonyl (C=O) groups is 1. The number of rotatable bonds is 3. The smallest absolute Gasteiger partial charge is 0.406 e. The fourth-order valence-corrected chi connectivity index (χ4v) is 2.53. The number of ether oxygens (including phenoxy) is 1. The third-order valence-electron chi connectivity index (χ3n) is 3.64. The maximum Gasteiger partial charge on any atom is 0.573 e. The fourth-order valence-electron chi connectivity index (χ4n) is 2.53. The molecule has 0 spiro atoms. The van der Waals surface area contributed by atoms with Gasteiger partial charge in [-0.1, -0.05) is 12.1 Å². The second-order valence-electron chi connectivity index (χ2n) is 5.48. The van der Waals surface area contributed by atoms with Crippen molar-refractivity contribution in [2.75, 3.05) is 0 Å². The SMILES string of the molecule is C/C(=C\c1ccc(OC(F)(F)F)cc1)C(=O)N1Cc2cn[nH]c2C1. The van der Waals surface area contributed by atoms with Gasteiger partial charge in [0.2, 0.25) is 5.91 Å². The molecule has 1 N–H and O–H groups in total. The number of benzene rings is 1. The predicted molar refractivity (Wildman–Crippen MR) is 79.6 cm³/mol. The number of aromatic nitrogens is 2. The molecule has 0 bridgehead atoms. The van der Waals surface area contributed by atoms with Crippen molar-refractivity contribution in [3.8, 4) is 5.75 Å². The van der Waals surface area contributed by atoms with Crippen LogP contribution >= 0.6 is 0 Å². The summed E-state index contributed by atoms with van der Waals surface area (Å²) in [4.78, 5) is 14.1. The van der Waals surface area contributed by atoms with Crippen LogP contribution in [0.3, 0.4) is 0 Å². The molecular formula is C16H14F3N3O2. The molecule has 0 atom stereocenters. The molecule has 0 fully saturated rings. The third-order valence-corrected chi connectivity index (χ3v) is 3.64. The van der Waals surface area contributed by atoms with E-state index in [9.17, 15) is 18.0 Å². The van der Waals surface area contributed by atoms with Gasteiger partial charge in [-0.2, -0.15) is 5.10 Å². The highest BCUT2D eigenvalue weighted by atomic mass is 19.4. The number of halogens is 3. The van der Waals surface area contributed by atoms with Gasteiger partial charge < -0.3 is 9.64 Å². The Hall–Kier alpha value is -2.77. The number of H-pyrrole nitrogens is 1. The number of nitrogens with one attached hydrogen (secondary N) is 1. The number of carbonyl (C=O) groups excluding carboxylic acids is 1. The second-order valence-corrected chi connectivity index (χ2v) is 5.48. The molecule has 126 valence electrons. The Bertz CT molecular complexity index is 758. The first-order valence-electron chi connectivity index (χ1n) is 7.16. The number of fused-ring (bicyclic) bond motifs is 1. The van der Waals surface area contributed by atoms with Crippen LogP contribution in [0.5, 0.6) is 5.75 Å². The maximum atomic E-state index is 12.4. The van der Waals surface area contributed by atoms with Crippen LogP contribution in [0.15, 0.2) is 36.0 Å². The van der Waals surface area contributed by atoms with Crippen LogP contribution in [0.4, 0.5) is 13.2 Å². The Morgan fingerprint density at radius 3 is 2.62 bits per heavy atom. The molecule has 2 heterocycles. The minimum atomic E-state index is -4.72. The van der Waals surface area contributed by atoms with E-state index in [1.807, 2.05) is 0 Å². The lowest BCUT2D eigenvalue weighted by Gasteiger charge is -2.15. The number of aromatic amines is 1. The first kappa shape index (κ1) is 16.1. The van der Waals surface area contributed by atoms with E-state index in [0.717, 1.165) is 11.3 Å². The van der Waals surface area contributed by atoms with Gasteiger partial charge in [0, 0.05) is 17.7 Å².